The summed E-state index contributed by atoms with van der Waals surface area (Å²) >= 11 is 3.01. The predicted molar refractivity (Wildman–Crippen MR) is 124 cm³/mol. The number of imide groups is 1. The van der Waals surface area contributed by atoms with E-state index in [0.717, 1.165) is 32.2 Å². The zero-order valence-electron chi connectivity index (χ0n) is 16.6. The zero-order valence-corrected chi connectivity index (χ0v) is 19.6. The fourth-order valence-corrected chi connectivity index (χ4v) is 4.48. The van der Waals surface area contributed by atoms with Crippen LogP contribution in [0, 0.1) is 9.39 Å². The number of rotatable bonds is 8. The molecule has 0 aliphatic carbocycles. The Morgan fingerprint density at radius 1 is 1.17 bits per heavy atom. The second-order valence-corrected chi connectivity index (χ2v) is 8.63. The van der Waals surface area contributed by atoms with Crippen LogP contribution in [0.1, 0.15) is 31.4 Å². The Labute approximate surface area is 192 Å². The molecule has 8 heteroatoms. The van der Waals surface area contributed by atoms with Crippen molar-refractivity contribution >= 4 is 51.6 Å². The molecule has 0 radical (unpaired) electrons. The first-order valence-electron chi connectivity index (χ1n) is 9.52. The largest absolute Gasteiger partial charge is 0.490 e. The monoisotopic (exact) mass is 541 g/mol. The van der Waals surface area contributed by atoms with E-state index in [4.69, 9.17) is 9.47 Å². The Morgan fingerprint density at radius 2 is 1.93 bits per heavy atom. The molecule has 2 amide bonds. The molecule has 0 bridgehead atoms. The molecule has 0 aromatic heterocycles. The van der Waals surface area contributed by atoms with Crippen molar-refractivity contribution < 1.29 is 23.5 Å². The first kappa shape index (κ1) is 22.6. The molecule has 2 aromatic carbocycles. The first-order chi connectivity index (χ1) is 14.4. The van der Waals surface area contributed by atoms with Crippen molar-refractivity contribution in [1.82, 2.24) is 4.90 Å². The Hall–Kier alpha value is -2.07. The van der Waals surface area contributed by atoms with Crippen LogP contribution in [0.3, 0.4) is 0 Å². The molecule has 1 aliphatic heterocycles. The van der Waals surface area contributed by atoms with Gasteiger partial charge >= 0.3 is 0 Å². The summed E-state index contributed by atoms with van der Waals surface area (Å²) in [6.07, 6.45) is 2.53. The predicted octanol–water partition coefficient (Wildman–Crippen LogP) is 5.85. The fourth-order valence-electron chi connectivity index (χ4n) is 2.86. The van der Waals surface area contributed by atoms with Crippen molar-refractivity contribution in [2.24, 2.45) is 0 Å². The number of thioether (sulfide) groups is 1. The summed E-state index contributed by atoms with van der Waals surface area (Å²) in [7, 11) is 0. The van der Waals surface area contributed by atoms with Gasteiger partial charge in [-0.05, 0) is 77.5 Å². The Morgan fingerprint density at radius 3 is 2.63 bits per heavy atom. The van der Waals surface area contributed by atoms with Crippen LogP contribution in [0.2, 0.25) is 0 Å². The molecule has 1 saturated heterocycles. The maximum Gasteiger partial charge on any atom is 0.293 e. The van der Waals surface area contributed by atoms with Crippen LogP contribution >= 0.6 is 34.4 Å². The first-order valence-corrected chi connectivity index (χ1v) is 11.4. The van der Waals surface area contributed by atoms with Gasteiger partial charge in [0.1, 0.15) is 5.82 Å². The third kappa shape index (κ3) is 5.15. The van der Waals surface area contributed by atoms with E-state index in [1.165, 1.54) is 6.07 Å². The topological polar surface area (TPSA) is 55.8 Å². The van der Waals surface area contributed by atoms with Crippen LogP contribution < -0.4 is 9.47 Å². The van der Waals surface area contributed by atoms with Gasteiger partial charge in [0.25, 0.3) is 11.1 Å². The number of benzene rings is 2. The van der Waals surface area contributed by atoms with E-state index in [9.17, 15) is 14.0 Å². The Bertz CT molecular complexity index is 995. The van der Waals surface area contributed by atoms with Crippen molar-refractivity contribution in [1.29, 1.82) is 0 Å². The molecule has 1 aliphatic rings. The highest BCUT2D eigenvalue weighted by Crippen LogP contribution is 2.38. The zero-order chi connectivity index (χ0) is 21.7. The van der Waals surface area contributed by atoms with Gasteiger partial charge in [0.05, 0.1) is 28.2 Å². The van der Waals surface area contributed by atoms with Crippen molar-refractivity contribution in [3.63, 3.8) is 0 Å². The number of halogens is 2. The highest BCUT2D eigenvalue weighted by molar-refractivity contribution is 14.1. The lowest BCUT2D eigenvalue weighted by molar-refractivity contribution is -0.123. The number of ether oxygens (including phenoxy) is 2. The van der Waals surface area contributed by atoms with Crippen LogP contribution in [0.4, 0.5) is 9.18 Å². The molecule has 2 aromatic rings. The maximum atomic E-state index is 13.9. The van der Waals surface area contributed by atoms with Gasteiger partial charge in [-0.3, -0.25) is 14.5 Å². The highest BCUT2D eigenvalue weighted by Gasteiger charge is 2.35. The lowest BCUT2D eigenvalue weighted by atomic mass is 10.1. The van der Waals surface area contributed by atoms with Gasteiger partial charge in [-0.2, -0.15) is 0 Å². The SMILES string of the molecule is CCCOc1c(I)cc(/C=C2\SC(=O)N(Cc3ccccc3F)C2=O)cc1OCC. The molecule has 0 atom stereocenters. The smallest absolute Gasteiger partial charge is 0.293 e. The summed E-state index contributed by atoms with van der Waals surface area (Å²) in [6, 6.07) is 9.78. The molecule has 0 N–H and O–H groups in total. The average molecular weight is 541 g/mol. The molecule has 0 saturated carbocycles. The Kier molecular flexibility index (Phi) is 7.76. The van der Waals surface area contributed by atoms with Gasteiger partial charge < -0.3 is 9.47 Å². The van der Waals surface area contributed by atoms with Gasteiger partial charge in [-0.15, -0.1) is 0 Å². The summed E-state index contributed by atoms with van der Waals surface area (Å²) in [5.74, 6) is 0.380. The number of carbonyl (C=O) groups is 2. The lowest BCUT2D eigenvalue weighted by Gasteiger charge is -2.14. The Balaban J connectivity index is 1.87. The number of hydrogen-bond donors (Lipinski definition) is 0. The number of carbonyl (C=O) groups excluding carboxylic acids is 2. The summed E-state index contributed by atoms with van der Waals surface area (Å²) in [4.78, 5) is 26.5. The van der Waals surface area contributed by atoms with Crippen molar-refractivity contribution in [2.45, 2.75) is 26.8 Å². The summed E-state index contributed by atoms with van der Waals surface area (Å²) < 4.78 is 26.3. The number of nitrogens with zero attached hydrogens (tertiary/aromatic N) is 1. The van der Waals surface area contributed by atoms with Crippen LogP contribution in [-0.4, -0.2) is 29.3 Å². The van der Waals surface area contributed by atoms with Gasteiger partial charge in [-0.1, -0.05) is 25.1 Å². The van der Waals surface area contributed by atoms with Crippen molar-refractivity contribution in [3.8, 4) is 11.5 Å². The third-order valence-electron chi connectivity index (χ3n) is 4.24. The molecule has 5 nitrogen and oxygen atoms in total. The summed E-state index contributed by atoms with van der Waals surface area (Å²) in [5.41, 5.74) is 1.02. The van der Waals surface area contributed by atoms with Crippen molar-refractivity contribution in [3.05, 3.63) is 61.8 Å². The van der Waals surface area contributed by atoms with E-state index in [-0.39, 0.29) is 11.4 Å². The van der Waals surface area contributed by atoms with E-state index in [0.29, 0.717) is 30.3 Å². The van der Waals surface area contributed by atoms with Gasteiger partial charge in [-0.25, -0.2) is 4.39 Å². The van der Waals surface area contributed by atoms with E-state index in [1.54, 1.807) is 30.3 Å². The minimum Gasteiger partial charge on any atom is -0.490 e. The van der Waals surface area contributed by atoms with Gasteiger partial charge in [0.15, 0.2) is 11.5 Å². The van der Waals surface area contributed by atoms with Crippen molar-refractivity contribution in [2.75, 3.05) is 13.2 Å². The normalized spacial score (nSPS) is 15.2. The van der Waals surface area contributed by atoms with E-state index >= 15 is 0 Å². The van der Waals surface area contributed by atoms with Gasteiger partial charge in [0.2, 0.25) is 0 Å². The van der Waals surface area contributed by atoms with Gasteiger partial charge in [0, 0.05) is 5.56 Å². The van der Waals surface area contributed by atoms with Crippen LogP contribution in [0.5, 0.6) is 11.5 Å². The maximum absolute atomic E-state index is 13.9. The van der Waals surface area contributed by atoms with E-state index in [1.807, 2.05) is 19.9 Å². The fraction of sp³-hybridized carbons (Fsp3) is 0.273. The molecule has 0 spiro atoms. The number of hydrogen-bond acceptors (Lipinski definition) is 5. The molecule has 0 unspecified atom stereocenters. The summed E-state index contributed by atoms with van der Waals surface area (Å²) in [6.45, 7) is 4.86. The van der Waals surface area contributed by atoms with Crippen LogP contribution in [0.25, 0.3) is 6.08 Å². The minimum absolute atomic E-state index is 0.0970. The standard InChI is InChI=1S/C22H21FINO4S/c1-3-9-29-20-17(24)10-14(11-18(20)28-4-2)12-19-21(26)25(22(27)30-19)13-15-7-5-6-8-16(15)23/h5-8,10-12H,3-4,9,13H2,1-2H3/b19-12-. The van der Waals surface area contributed by atoms with Crippen LogP contribution in [0.15, 0.2) is 41.3 Å². The molecule has 30 heavy (non-hydrogen) atoms. The molecule has 3 rings (SSSR count). The molecular weight excluding hydrogens is 520 g/mol. The second kappa shape index (κ2) is 10.3. The molecule has 1 fully saturated rings. The van der Waals surface area contributed by atoms with E-state index in [2.05, 4.69) is 22.6 Å². The minimum atomic E-state index is -0.445. The van der Waals surface area contributed by atoms with Crippen LogP contribution in [-0.2, 0) is 11.3 Å². The molecular formula is C22H21FINO4S. The van der Waals surface area contributed by atoms with E-state index < -0.39 is 17.0 Å². The second-order valence-electron chi connectivity index (χ2n) is 6.47. The quantitative estimate of drug-likeness (QED) is 0.310. The molecule has 1 heterocycles. The highest BCUT2D eigenvalue weighted by atomic mass is 127. The third-order valence-corrected chi connectivity index (χ3v) is 5.95. The lowest BCUT2D eigenvalue weighted by Crippen LogP contribution is -2.27. The summed E-state index contributed by atoms with van der Waals surface area (Å²) in [5, 5.41) is -0.419. The molecule has 158 valence electrons. The average Bonchev–Trinajstić information content (AvgIpc) is 2.96. The number of amides is 2.